The molecule has 22 heavy (non-hydrogen) atoms. The van der Waals surface area contributed by atoms with E-state index < -0.39 is 0 Å². The van der Waals surface area contributed by atoms with Gasteiger partial charge in [-0.05, 0) is 30.9 Å². The minimum Gasteiger partial charge on any atom is -0.302 e. The summed E-state index contributed by atoms with van der Waals surface area (Å²) in [7, 11) is 0. The second kappa shape index (κ2) is 11.7. The van der Waals surface area contributed by atoms with Crippen molar-refractivity contribution in [2.75, 3.05) is 13.1 Å². The van der Waals surface area contributed by atoms with Gasteiger partial charge in [-0.3, -0.25) is 0 Å². The van der Waals surface area contributed by atoms with Crippen molar-refractivity contribution < 1.29 is 4.90 Å². The van der Waals surface area contributed by atoms with Crippen molar-refractivity contribution in [2.45, 2.75) is 72.6 Å². The highest BCUT2D eigenvalue weighted by Crippen LogP contribution is 2.16. The van der Waals surface area contributed by atoms with Gasteiger partial charge < -0.3 is 4.90 Å². The van der Waals surface area contributed by atoms with E-state index in [-0.39, 0.29) is 0 Å². The molecule has 0 saturated heterocycles. The first-order valence-corrected chi connectivity index (χ1v) is 9.61. The molecule has 1 rings (SSSR count). The highest BCUT2D eigenvalue weighted by Gasteiger charge is 2.17. The van der Waals surface area contributed by atoms with Crippen LogP contribution in [0.5, 0.6) is 0 Å². The first-order valence-electron chi connectivity index (χ1n) is 9.61. The molecule has 0 aromatic heterocycles. The van der Waals surface area contributed by atoms with Crippen LogP contribution in [0.15, 0.2) is 30.3 Å². The number of quaternary nitrogens is 1. The average Bonchev–Trinajstić information content (AvgIpc) is 2.55. The van der Waals surface area contributed by atoms with Crippen LogP contribution in [-0.2, 0) is 0 Å². The maximum absolute atomic E-state index is 2.42. The van der Waals surface area contributed by atoms with Crippen molar-refractivity contribution in [2.24, 2.45) is 11.8 Å². The number of nitrogens with one attached hydrogen (secondary N) is 1. The van der Waals surface area contributed by atoms with Crippen LogP contribution in [0.3, 0.4) is 0 Å². The van der Waals surface area contributed by atoms with Gasteiger partial charge >= 0.3 is 0 Å². The van der Waals surface area contributed by atoms with E-state index in [9.17, 15) is 0 Å². The number of para-hydroxylation sites is 1. The predicted molar refractivity (Wildman–Crippen MR) is 98.8 cm³/mol. The van der Waals surface area contributed by atoms with Gasteiger partial charge in [0.2, 0.25) is 0 Å². The van der Waals surface area contributed by atoms with Crippen molar-refractivity contribution in [3.63, 3.8) is 0 Å². The first-order chi connectivity index (χ1) is 10.7. The molecule has 1 N–H and O–H groups in total. The van der Waals surface area contributed by atoms with Crippen molar-refractivity contribution >= 4 is 5.69 Å². The quantitative estimate of drug-likeness (QED) is 0.538. The van der Waals surface area contributed by atoms with Crippen LogP contribution >= 0.6 is 0 Å². The summed E-state index contributed by atoms with van der Waals surface area (Å²) in [5.41, 5.74) is 1.48. The molecule has 0 radical (unpaired) electrons. The number of hydrogen-bond donors (Lipinski definition) is 1. The van der Waals surface area contributed by atoms with E-state index in [4.69, 9.17) is 0 Å². The van der Waals surface area contributed by atoms with Crippen LogP contribution in [-0.4, -0.2) is 13.1 Å². The smallest absolute Gasteiger partial charge is 0.131 e. The lowest BCUT2D eigenvalue weighted by molar-refractivity contribution is -0.837. The van der Waals surface area contributed by atoms with E-state index in [1.807, 2.05) is 0 Å². The summed E-state index contributed by atoms with van der Waals surface area (Å²) in [6, 6.07) is 11.1. The van der Waals surface area contributed by atoms with Gasteiger partial charge in [0.25, 0.3) is 0 Å². The highest BCUT2D eigenvalue weighted by molar-refractivity contribution is 5.27. The lowest BCUT2D eigenvalue weighted by Gasteiger charge is -2.24. The van der Waals surface area contributed by atoms with E-state index in [0.717, 1.165) is 11.8 Å². The van der Waals surface area contributed by atoms with Crippen molar-refractivity contribution in [1.29, 1.82) is 0 Å². The molecular formula is C21H38N+. The molecule has 3 atom stereocenters. The molecule has 1 aromatic rings. The number of benzene rings is 1. The fourth-order valence-electron chi connectivity index (χ4n) is 3.48. The maximum atomic E-state index is 2.42. The molecule has 0 aliphatic rings. The predicted octanol–water partition coefficient (Wildman–Crippen LogP) is 5.25. The normalized spacial score (nSPS) is 15.5. The fourth-order valence-corrected chi connectivity index (χ4v) is 3.48. The van der Waals surface area contributed by atoms with Gasteiger partial charge in [0.05, 0.1) is 13.1 Å². The summed E-state index contributed by atoms with van der Waals surface area (Å²) in [6.45, 7) is 12.0. The SMILES string of the molecule is CCCCC(CC)CC[NH+](CC(C)CCC)c1ccccc1. The molecule has 0 aliphatic carbocycles. The van der Waals surface area contributed by atoms with E-state index in [0.29, 0.717) is 0 Å². The van der Waals surface area contributed by atoms with Crippen LogP contribution < -0.4 is 4.90 Å². The van der Waals surface area contributed by atoms with E-state index >= 15 is 0 Å². The topological polar surface area (TPSA) is 4.44 Å². The molecule has 0 spiro atoms. The summed E-state index contributed by atoms with van der Waals surface area (Å²) in [4.78, 5) is 1.69. The highest BCUT2D eigenvalue weighted by atomic mass is 15.1. The maximum Gasteiger partial charge on any atom is 0.131 e. The first kappa shape index (κ1) is 19.2. The molecule has 1 heteroatoms. The molecule has 0 saturated carbocycles. The Labute approximate surface area is 139 Å². The summed E-state index contributed by atoms with van der Waals surface area (Å²) < 4.78 is 0. The average molecular weight is 305 g/mol. The van der Waals surface area contributed by atoms with Gasteiger partial charge in [-0.1, -0.05) is 78.0 Å². The third kappa shape index (κ3) is 7.45. The van der Waals surface area contributed by atoms with Crippen LogP contribution in [0.2, 0.25) is 0 Å². The minimum atomic E-state index is 0.816. The minimum absolute atomic E-state index is 0.816. The Morgan fingerprint density at radius 3 is 2.23 bits per heavy atom. The van der Waals surface area contributed by atoms with Gasteiger partial charge in [-0.25, -0.2) is 0 Å². The Kier molecular flexibility index (Phi) is 10.2. The Morgan fingerprint density at radius 1 is 0.909 bits per heavy atom. The molecule has 0 amide bonds. The van der Waals surface area contributed by atoms with Crippen molar-refractivity contribution in [1.82, 2.24) is 0 Å². The van der Waals surface area contributed by atoms with Gasteiger partial charge in [0, 0.05) is 5.92 Å². The summed E-state index contributed by atoms with van der Waals surface area (Å²) in [5, 5.41) is 0. The molecule has 1 nitrogen and oxygen atoms in total. The molecule has 0 bridgehead atoms. The summed E-state index contributed by atoms with van der Waals surface area (Å²) >= 11 is 0. The molecule has 0 heterocycles. The molecular weight excluding hydrogens is 266 g/mol. The summed E-state index contributed by atoms with van der Waals surface area (Å²) in [6.07, 6.45) is 9.51. The molecule has 3 unspecified atom stereocenters. The van der Waals surface area contributed by atoms with Gasteiger partial charge in [0.1, 0.15) is 5.69 Å². The molecule has 1 aromatic carbocycles. The second-order valence-corrected chi connectivity index (χ2v) is 7.02. The molecule has 0 fully saturated rings. The number of hydrogen-bond acceptors (Lipinski definition) is 0. The largest absolute Gasteiger partial charge is 0.302 e. The third-order valence-electron chi connectivity index (χ3n) is 4.96. The second-order valence-electron chi connectivity index (χ2n) is 7.02. The van der Waals surface area contributed by atoms with E-state index in [1.54, 1.807) is 4.90 Å². The molecule has 126 valence electrons. The monoisotopic (exact) mass is 304 g/mol. The van der Waals surface area contributed by atoms with Crippen LogP contribution in [0, 0.1) is 11.8 Å². The zero-order valence-corrected chi connectivity index (χ0v) is 15.4. The van der Waals surface area contributed by atoms with E-state index in [1.165, 1.54) is 63.7 Å². The van der Waals surface area contributed by atoms with Gasteiger partial charge in [-0.15, -0.1) is 0 Å². The van der Waals surface area contributed by atoms with Crippen LogP contribution in [0.1, 0.15) is 72.6 Å². The molecule has 0 aliphatic heterocycles. The van der Waals surface area contributed by atoms with Crippen LogP contribution in [0.25, 0.3) is 0 Å². The number of rotatable bonds is 12. The standard InChI is InChI=1S/C21H37N/c1-5-8-13-20(7-3)16-17-22(18-19(4)12-6-2)21-14-10-9-11-15-21/h9-11,14-15,19-20H,5-8,12-13,16-18H2,1-4H3/p+1. The Morgan fingerprint density at radius 2 is 1.64 bits per heavy atom. The Balaban J connectivity index is 2.61. The van der Waals surface area contributed by atoms with Crippen LogP contribution in [0.4, 0.5) is 5.69 Å². The fraction of sp³-hybridized carbons (Fsp3) is 0.714. The Hall–Kier alpha value is -0.820. The lowest BCUT2D eigenvalue weighted by Crippen LogP contribution is -3.08. The van der Waals surface area contributed by atoms with E-state index in [2.05, 4.69) is 58.0 Å². The Bertz CT molecular complexity index is 359. The summed E-state index contributed by atoms with van der Waals surface area (Å²) in [5.74, 6) is 1.73. The lowest BCUT2D eigenvalue weighted by atomic mass is 9.95. The number of unbranched alkanes of at least 4 members (excludes halogenated alkanes) is 1. The van der Waals surface area contributed by atoms with Gasteiger partial charge in [0.15, 0.2) is 0 Å². The zero-order chi connectivity index (χ0) is 16.2. The van der Waals surface area contributed by atoms with Crippen molar-refractivity contribution in [3.05, 3.63) is 30.3 Å². The van der Waals surface area contributed by atoms with Gasteiger partial charge in [-0.2, -0.15) is 0 Å². The third-order valence-corrected chi connectivity index (χ3v) is 4.96. The van der Waals surface area contributed by atoms with Crippen molar-refractivity contribution in [3.8, 4) is 0 Å². The zero-order valence-electron chi connectivity index (χ0n) is 15.4.